The summed E-state index contributed by atoms with van der Waals surface area (Å²) in [5, 5.41) is 2.82. The number of rotatable bonds is 7. The maximum Gasteiger partial charge on any atom is 0.289 e. The molecular formula is C23H31N3O4. The lowest BCUT2D eigenvalue weighted by Gasteiger charge is -2.20. The SMILES string of the molecule is CCNC(=O)CN1CCCN(C(=O)c2ccc(COc3ccc(C)cc3C)o2)CC1. The van der Waals surface area contributed by atoms with Gasteiger partial charge in [-0.3, -0.25) is 14.5 Å². The van der Waals surface area contributed by atoms with Gasteiger partial charge in [-0.05, 0) is 51.0 Å². The number of likely N-dealkylation sites (N-methyl/N-ethyl adjacent to an activating group) is 1. The number of benzene rings is 1. The van der Waals surface area contributed by atoms with E-state index < -0.39 is 0 Å². The molecule has 30 heavy (non-hydrogen) atoms. The predicted molar refractivity (Wildman–Crippen MR) is 115 cm³/mol. The molecular weight excluding hydrogens is 382 g/mol. The van der Waals surface area contributed by atoms with E-state index in [0.717, 1.165) is 24.3 Å². The van der Waals surface area contributed by atoms with Crippen LogP contribution in [0.15, 0.2) is 34.7 Å². The molecule has 7 heteroatoms. The average molecular weight is 414 g/mol. The number of carbonyl (C=O) groups excluding carboxylic acids is 2. The lowest BCUT2D eigenvalue weighted by molar-refractivity contribution is -0.122. The van der Waals surface area contributed by atoms with Crippen LogP contribution in [0.1, 0.15) is 40.8 Å². The van der Waals surface area contributed by atoms with E-state index >= 15 is 0 Å². The Kier molecular flexibility index (Phi) is 7.52. The quantitative estimate of drug-likeness (QED) is 0.756. The Bertz CT molecular complexity index is 877. The number of nitrogens with one attached hydrogen (secondary N) is 1. The third-order valence-electron chi connectivity index (χ3n) is 5.19. The number of aryl methyl sites for hydroxylation is 2. The summed E-state index contributed by atoms with van der Waals surface area (Å²) in [6, 6.07) is 9.52. The van der Waals surface area contributed by atoms with Crippen molar-refractivity contribution in [1.82, 2.24) is 15.1 Å². The minimum Gasteiger partial charge on any atom is -0.485 e. The molecule has 0 atom stereocenters. The first-order valence-corrected chi connectivity index (χ1v) is 10.5. The average Bonchev–Trinajstić information content (AvgIpc) is 3.06. The van der Waals surface area contributed by atoms with E-state index in [1.807, 2.05) is 32.9 Å². The van der Waals surface area contributed by atoms with Gasteiger partial charge in [-0.1, -0.05) is 17.7 Å². The Labute approximate surface area is 178 Å². The number of amides is 2. The van der Waals surface area contributed by atoms with Crippen LogP contribution in [-0.4, -0.2) is 60.9 Å². The number of hydrogen-bond donors (Lipinski definition) is 1. The van der Waals surface area contributed by atoms with Gasteiger partial charge in [0.05, 0.1) is 6.54 Å². The smallest absolute Gasteiger partial charge is 0.289 e. The summed E-state index contributed by atoms with van der Waals surface area (Å²) in [5.74, 6) is 1.66. The van der Waals surface area contributed by atoms with E-state index in [2.05, 4.69) is 16.3 Å². The number of furan rings is 1. The van der Waals surface area contributed by atoms with E-state index in [-0.39, 0.29) is 18.4 Å². The van der Waals surface area contributed by atoms with Crippen molar-refractivity contribution in [2.24, 2.45) is 0 Å². The van der Waals surface area contributed by atoms with Crippen LogP contribution in [0.3, 0.4) is 0 Å². The van der Waals surface area contributed by atoms with Gasteiger partial charge in [0.1, 0.15) is 18.1 Å². The van der Waals surface area contributed by atoms with E-state index in [0.29, 0.717) is 44.2 Å². The highest BCUT2D eigenvalue weighted by molar-refractivity contribution is 5.91. The summed E-state index contributed by atoms with van der Waals surface area (Å²) < 4.78 is 11.6. The van der Waals surface area contributed by atoms with Crippen molar-refractivity contribution in [3.8, 4) is 5.75 Å². The lowest BCUT2D eigenvalue weighted by Crippen LogP contribution is -2.40. The summed E-state index contributed by atoms with van der Waals surface area (Å²) in [4.78, 5) is 28.5. The van der Waals surface area contributed by atoms with Crippen molar-refractivity contribution in [3.05, 3.63) is 53.0 Å². The molecule has 3 rings (SSSR count). The van der Waals surface area contributed by atoms with Gasteiger partial charge in [0.2, 0.25) is 5.91 Å². The van der Waals surface area contributed by atoms with Crippen molar-refractivity contribution >= 4 is 11.8 Å². The standard InChI is InChI=1S/C23H31N3O4/c1-4-24-22(27)15-25-10-5-11-26(13-12-25)23(28)21-9-7-19(30-21)16-29-20-8-6-17(2)14-18(20)3/h6-9,14H,4-5,10-13,15-16H2,1-3H3,(H,24,27). The molecule has 1 aliphatic heterocycles. The fraction of sp³-hybridized carbons (Fsp3) is 0.478. The molecule has 1 aromatic carbocycles. The van der Waals surface area contributed by atoms with Gasteiger partial charge in [0.15, 0.2) is 5.76 Å². The Balaban J connectivity index is 1.53. The van der Waals surface area contributed by atoms with Crippen molar-refractivity contribution in [2.45, 2.75) is 33.8 Å². The van der Waals surface area contributed by atoms with Gasteiger partial charge >= 0.3 is 0 Å². The van der Waals surface area contributed by atoms with Gasteiger partial charge in [0.25, 0.3) is 5.91 Å². The summed E-state index contributed by atoms with van der Waals surface area (Å²) in [5.41, 5.74) is 2.26. The maximum atomic E-state index is 12.9. The number of hydrogen-bond acceptors (Lipinski definition) is 5. The van der Waals surface area contributed by atoms with Crippen LogP contribution < -0.4 is 10.1 Å². The van der Waals surface area contributed by atoms with E-state index in [1.165, 1.54) is 5.56 Å². The predicted octanol–water partition coefficient (Wildman–Crippen LogP) is 2.76. The zero-order valence-corrected chi connectivity index (χ0v) is 18.1. The van der Waals surface area contributed by atoms with Gasteiger partial charge in [-0.15, -0.1) is 0 Å². The Morgan fingerprint density at radius 3 is 2.70 bits per heavy atom. The molecule has 0 saturated carbocycles. The van der Waals surface area contributed by atoms with E-state index in [9.17, 15) is 9.59 Å². The third-order valence-corrected chi connectivity index (χ3v) is 5.19. The molecule has 0 aliphatic carbocycles. The second kappa shape index (κ2) is 10.3. The Morgan fingerprint density at radius 1 is 1.10 bits per heavy atom. The second-order valence-corrected chi connectivity index (χ2v) is 7.70. The van der Waals surface area contributed by atoms with Crippen LogP contribution in [0.4, 0.5) is 0 Å². The molecule has 0 unspecified atom stereocenters. The minimum absolute atomic E-state index is 0.0248. The summed E-state index contributed by atoms with van der Waals surface area (Å²) in [6.07, 6.45) is 0.828. The molecule has 2 aromatic rings. The molecule has 1 saturated heterocycles. The number of nitrogens with zero attached hydrogens (tertiary/aromatic N) is 2. The van der Waals surface area contributed by atoms with Gasteiger partial charge in [-0.25, -0.2) is 0 Å². The molecule has 1 fully saturated rings. The van der Waals surface area contributed by atoms with Crippen LogP contribution in [0.2, 0.25) is 0 Å². The van der Waals surface area contributed by atoms with Crippen LogP contribution in [0.25, 0.3) is 0 Å². The zero-order valence-electron chi connectivity index (χ0n) is 18.1. The molecule has 2 heterocycles. The van der Waals surface area contributed by atoms with E-state index in [4.69, 9.17) is 9.15 Å². The molecule has 162 valence electrons. The first kappa shape index (κ1) is 21.9. The zero-order chi connectivity index (χ0) is 21.5. The van der Waals surface area contributed by atoms with Crippen molar-refractivity contribution in [2.75, 3.05) is 39.3 Å². The van der Waals surface area contributed by atoms with Crippen molar-refractivity contribution in [3.63, 3.8) is 0 Å². The van der Waals surface area contributed by atoms with Crippen molar-refractivity contribution < 1.29 is 18.7 Å². The van der Waals surface area contributed by atoms with Crippen molar-refractivity contribution in [1.29, 1.82) is 0 Å². The minimum atomic E-state index is -0.118. The second-order valence-electron chi connectivity index (χ2n) is 7.70. The van der Waals surface area contributed by atoms with Crippen LogP contribution in [0.5, 0.6) is 5.75 Å². The molecule has 1 N–H and O–H groups in total. The fourth-order valence-corrected chi connectivity index (χ4v) is 3.62. The Hall–Kier alpha value is -2.80. The van der Waals surface area contributed by atoms with Crippen LogP contribution in [0, 0.1) is 13.8 Å². The summed E-state index contributed by atoms with van der Waals surface area (Å²) in [6.45, 7) is 9.94. The molecule has 1 aromatic heterocycles. The normalized spacial score (nSPS) is 15.0. The Morgan fingerprint density at radius 2 is 1.93 bits per heavy atom. The summed E-state index contributed by atoms with van der Waals surface area (Å²) >= 11 is 0. The molecule has 2 amide bonds. The molecule has 0 bridgehead atoms. The number of carbonyl (C=O) groups is 2. The maximum absolute atomic E-state index is 12.9. The lowest BCUT2D eigenvalue weighted by atomic mass is 10.1. The third kappa shape index (κ3) is 5.86. The van der Waals surface area contributed by atoms with Gasteiger partial charge in [-0.2, -0.15) is 0 Å². The highest BCUT2D eigenvalue weighted by Crippen LogP contribution is 2.21. The molecule has 0 radical (unpaired) electrons. The highest BCUT2D eigenvalue weighted by atomic mass is 16.5. The first-order valence-electron chi connectivity index (χ1n) is 10.5. The first-order chi connectivity index (χ1) is 14.5. The molecule has 0 spiro atoms. The molecule has 7 nitrogen and oxygen atoms in total. The summed E-state index contributed by atoms with van der Waals surface area (Å²) in [7, 11) is 0. The topological polar surface area (TPSA) is 75.0 Å². The number of ether oxygens (including phenoxy) is 1. The van der Waals surface area contributed by atoms with E-state index in [1.54, 1.807) is 17.0 Å². The highest BCUT2D eigenvalue weighted by Gasteiger charge is 2.23. The van der Waals surface area contributed by atoms with Crippen LogP contribution in [-0.2, 0) is 11.4 Å². The fourth-order valence-electron chi connectivity index (χ4n) is 3.62. The monoisotopic (exact) mass is 413 g/mol. The van der Waals surface area contributed by atoms with Crippen LogP contribution >= 0.6 is 0 Å². The van der Waals surface area contributed by atoms with Gasteiger partial charge < -0.3 is 19.4 Å². The van der Waals surface area contributed by atoms with Gasteiger partial charge in [0, 0.05) is 32.7 Å². The largest absolute Gasteiger partial charge is 0.485 e. The molecule has 1 aliphatic rings.